The van der Waals surface area contributed by atoms with Crippen LogP contribution in [0.3, 0.4) is 0 Å². The van der Waals surface area contributed by atoms with Gasteiger partial charge in [0.15, 0.2) is 33.9 Å². The van der Waals surface area contributed by atoms with E-state index >= 15 is 0 Å². The third-order valence-corrected chi connectivity index (χ3v) is 4.25. The number of anilines is 1. The van der Waals surface area contributed by atoms with Gasteiger partial charge in [-0.2, -0.15) is 0 Å². The van der Waals surface area contributed by atoms with Gasteiger partial charge >= 0.3 is 5.97 Å². The Balaban J connectivity index is 2.02. The van der Waals surface area contributed by atoms with Crippen LogP contribution in [-0.2, 0) is 19.4 Å². The zero-order valence-electron chi connectivity index (χ0n) is 13.3. The first-order chi connectivity index (χ1) is 12.1. The number of carbonyl (C=O) groups is 2. The normalized spacial score (nSPS) is 11.1. The summed E-state index contributed by atoms with van der Waals surface area (Å²) in [7, 11) is -3.54. The summed E-state index contributed by atoms with van der Waals surface area (Å²) < 4.78 is 66.9. The van der Waals surface area contributed by atoms with Crippen LogP contribution >= 0.6 is 0 Å². The molecular weight excluding hydrogens is 375 g/mol. The predicted molar refractivity (Wildman–Crippen MR) is 84.8 cm³/mol. The first-order valence-electron chi connectivity index (χ1n) is 7.00. The van der Waals surface area contributed by atoms with E-state index in [0.717, 1.165) is 18.4 Å². The number of rotatable bonds is 5. The summed E-state index contributed by atoms with van der Waals surface area (Å²) in [5, 5.41) is 1.93. The largest absolute Gasteiger partial charge is 0.452 e. The van der Waals surface area contributed by atoms with E-state index in [1.807, 2.05) is 5.32 Å². The second-order valence-corrected chi connectivity index (χ2v) is 7.16. The zero-order valence-corrected chi connectivity index (χ0v) is 14.1. The number of hydrogen-bond acceptors (Lipinski definition) is 5. The van der Waals surface area contributed by atoms with Gasteiger partial charge in [0, 0.05) is 6.26 Å². The Morgan fingerprint density at radius 2 is 1.77 bits per heavy atom. The maximum atomic E-state index is 13.4. The van der Waals surface area contributed by atoms with Gasteiger partial charge in [-0.1, -0.05) is 6.07 Å². The third kappa shape index (κ3) is 4.60. The van der Waals surface area contributed by atoms with Crippen molar-refractivity contribution in [1.82, 2.24) is 0 Å². The van der Waals surface area contributed by atoms with Crippen molar-refractivity contribution in [1.29, 1.82) is 0 Å². The molecule has 0 atom stereocenters. The molecule has 2 rings (SSSR count). The second kappa shape index (κ2) is 7.56. The average Bonchev–Trinajstić information content (AvgIpc) is 2.59. The summed E-state index contributed by atoms with van der Waals surface area (Å²) in [6.07, 6.45) is 0.960. The lowest BCUT2D eigenvalue weighted by Gasteiger charge is -2.08. The second-order valence-electron chi connectivity index (χ2n) is 5.15. The number of halogens is 3. The fourth-order valence-electron chi connectivity index (χ4n) is 1.88. The molecule has 0 saturated carbocycles. The highest BCUT2D eigenvalue weighted by atomic mass is 32.2. The number of hydrogen-bond donors (Lipinski definition) is 1. The molecule has 0 aromatic heterocycles. The Labute approximate surface area is 146 Å². The molecule has 0 radical (unpaired) electrons. The van der Waals surface area contributed by atoms with Crippen molar-refractivity contribution in [3.63, 3.8) is 0 Å². The quantitative estimate of drug-likeness (QED) is 0.628. The number of sulfone groups is 1. The minimum atomic E-state index is -3.54. The molecule has 0 bridgehead atoms. The SMILES string of the molecule is CS(=O)(=O)c1cccc(C(=O)OCC(=O)Nc2ccc(F)c(F)c2F)c1. The molecule has 1 N–H and O–H groups in total. The predicted octanol–water partition coefficient (Wildman–Crippen LogP) is 2.30. The zero-order chi connectivity index (χ0) is 19.5. The van der Waals surface area contributed by atoms with Gasteiger partial charge in [0.2, 0.25) is 0 Å². The summed E-state index contributed by atoms with van der Waals surface area (Å²) >= 11 is 0. The van der Waals surface area contributed by atoms with Crippen molar-refractivity contribution >= 4 is 27.4 Å². The molecule has 0 aliphatic carbocycles. The minimum absolute atomic E-state index is 0.111. The summed E-state index contributed by atoms with van der Waals surface area (Å²) in [6.45, 7) is -0.847. The van der Waals surface area contributed by atoms with Crippen molar-refractivity contribution < 1.29 is 35.9 Å². The molecule has 0 aliphatic heterocycles. The Morgan fingerprint density at radius 3 is 2.42 bits per heavy atom. The summed E-state index contributed by atoms with van der Waals surface area (Å²) in [5.41, 5.74) is -0.733. The first-order valence-corrected chi connectivity index (χ1v) is 8.89. The Morgan fingerprint density at radius 1 is 1.08 bits per heavy atom. The lowest BCUT2D eigenvalue weighted by atomic mass is 10.2. The number of carbonyl (C=O) groups excluding carboxylic acids is 2. The van der Waals surface area contributed by atoms with Crippen molar-refractivity contribution in [2.24, 2.45) is 0 Å². The first kappa shape index (κ1) is 19.4. The van der Waals surface area contributed by atoms with E-state index in [-0.39, 0.29) is 10.5 Å². The molecule has 26 heavy (non-hydrogen) atoms. The number of esters is 1. The van der Waals surface area contributed by atoms with E-state index in [1.165, 1.54) is 18.2 Å². The molecule has 0 aliphatic rings. The van der Waals surface area contributed by atoms with Gasteiger partial charge in [-0.15, -0.1) is 0 Å². The highest BCUT2D eigenvalue weighted by Gasteiger charge is 2.17. The number of ether oxygens (including phenoxy) is 1. The van der Waals surface area contributed by atoms with Crippen LogP contribution in [0.2, 0.25) is 0 Å². The van der Waals surface area contributed by atoms with E-state index in [2.05, 4.69) is 4.74 Å². The lowest BCUT2D eigenvalue weighted by Crippen LogP contribution is -2.22. The molecule has 6 nitrogen and oxygen atoms in total. The van der Waals surface area contributed by atoms with E-state index in [4.69, 9.17) is 0 Å². The molecule has 0 unspecified atom stereocenters. The lowest BCUT2D eigenvalue weighted by molar-refractivity contribution is -0.119. The van der Waals surface area contributed by atoms with Crippen LogP contribution < -0.4 is 5.32 Å². The average molecular weight is 387 g/mol. The molecule has 0 heterocycles. The Kier molecular flexibility index (Phi) is 5.66. The van der Waals surface area contributed by atoms with Gasteiger partial charge in [0.25, 0.3) is 5.91 Å². The summed E-state index contributed by atoms with van der Waals surface area (Å²) in [6, 6.07) is 6.39. The Hall–Kier alpha value is -2.88. The van der Waals surface area contributed by atoms with Crippen molar-refractivity contribution in [3.8, 4) is 0 Å². The fourth-order valence-corrected chi connectivity index (χ4v) is 2.54. The molecule has 138 valence electrons. The van der Waals surface area contributed by atoms with E-state index in [0.29, 0.717) is 6.07 Å². The van der Waals surface area contributed by atoms with Gasteiger partial charge in [0.1, 0.15) is 0 Å². The van der Waals surface area contributed by atoms with E-state index in [1.54, 1.807) is 0 Å². The molecule has 1 amide bonds. The third-order valence-electron chi connectivity index (χ3n) is 3.14. The van der Waals surface area contributed by atoms with Crippen LogP contribution in [0.1, 0.15) is 10.4 Å². The molecular formula is C16H12F3NO5S. The van der Waals surface area contributed by atoms with Crippen LogP contribution in [0.5, 0.6) is 0 Å². The van der Waals surface area contributed by atoms with Crippen LogP contribution in [0.25, 0.3) is 0 Å². The number of nitrogens with one attached hydrogen (secondary N) is 1. The van der Waals surface area contributed by atoms with Gasteiger partial charge in [0.05, 0.1) is 16.1 Å². The summed E-state index contributed by atoms with van der Waals surface area (Å²) in [4.78, 5) is 23.4. The molecule has 0 saturated heterocycles. The van der Waals surface area contributed by atoms with Crippen molar-refractivity contribution in [2.45, 2.75) is 4.90 Å². The molecule has 2 aromatic rings. The smallest absolute Gasteiger partial charge is 0.338 e. The number of amides is 1. The van der Waals surface area contributed by atoms with Crippen LogP contribution in [0.15, 0.2) is 41.3 Å². The standard InChI is InChI=1S/C16H12F3NO5S/c1-26(23,24)10-4-2-3-9(7-10)16(22)25-8-13(21)20-12-6-5-11(17)14(18)15(12)19/h2-7H,8H2,1H3,(H,20,21). The van der Waals surface area contributed by atoms with Crippen molar-refractivity contribution in [3.05, 3.63) is 59.4 Å². The van der Waals surface area contributed by atoms with Crippen LogP contribution in [-0.4, -0.2) is 33.2 Å². The molecule has 0 fully saturated rings. The highest BCUT2D eigenvalue weighted by molar-refractivity contribution is 7.90. The topological polar surface area (TPSA) is 89.5 Å². The summed E-state index contributed by atoms with van der Waals surface area (Å²) in [5.74, 6) is -6.75. The number of benzene rings is 2. The Bertz CT molecular complexity index is 976. The maximum absolute atomic E-state index is 13.4. The molecule has 2 aromatic carbocycles. The highest BCUT2D eigenvalue weighted by Crippen LogP contribution is 2.19. The van der Waals surface area contributed by atoms with Gasteiger partial charge in [-0.25, -0.2) is 26.4 Å². The minimum Gasteiger partial charge on any atom is -0.452 e. The van der Waals surface area contributed by atoms with Crippen molar-refractivity contribution in [2.75, 3.05) is 18.2 Å². The monoisotopic (exact) mass is 387 g/mol. The fraction of sp³-hybridized carbons (Fsp3) is 0.125. The maximum Gasteiger partial charge on any atom is 0.338 e. The van der Waals surface area contributed by atoms with Crippen LogP contribution in [0, 0.1) is 17.5 Å². The van der Waals surface area contributed by atoms with Gasteiger partial charge < -0.3 is 10.1 Å². The molecule has 10 heteroatoms. The van der Waals surface area contributed by atoms with Crippen LogP contribution in [0.4, 0.5) is 18.9 Å². The van der Waals surface area contributed by atoms with Gasteiger partial charge in [-0.05, 0) is 30.3 Å². The van der Waals surface area contributed by atoms with Gasteiger partial charge in [-0.3, -0.25) is 4.79 Å². The van der Waals surface area contributed by atoms with E-state index in [9.17, 15) is 31.2 Å². The van der Waals surface area contributed by atoms with E-state index < -0.39 is 51.5 Å². The molecule has 0 spiro atoms.